The number of thiophene rings is 1. The number of sulfonamides is 1. The highest BCUT2D eigenvalue weighted by Gasteiger charge is 2.25. The first kappa shape index (κ1) is 17.6. The van der Waals surface area contributed by atoms with E-state index in [9.17, 15) is 18.0 Å². The van der Waals surface area contributed by atoms with Gasteiger partial charge in [-0.2, -0.15) is 0 Å². The molecule has 1 aromatic heterocycles. The number of aliphatic carboxylic acids is 1. The predicted molar refractivity (Wildman–Crippen MR) is 79.0 cm³/mol. The van der Waals surface area contributed by atoms with Crippen LogP contribution in [0.15, 0.2) is 16.3 Å². The van der Waals surface area contributed by atoms with Crippen molar-refractivity contribution < 1.29 is 23.1 Å². The normalized spacial score (nSPS) is 11.6. The van der Waals surface area contributed by atoms with Crippen LogP contribution in [0.2, 0.25) is 0 Å². The van der Waals surface area contributed by atoms with E-state index in [2.05, 4.69) is 5.32 Å². The second-order valence-corrected chi connectivity index (χ2v) is 7.54. The topological polar surface area (TPSA) is 104 Å². The fourth-order valence-corrected chi connectivity index (χ4v) is 3.76. The number of rotatable bonds is 8. The minimum absolute atomic E-state index is 0.0134. The molecule has 0 aliphatic carbocycles. The Morgan fingerprint density at radius 3 is 2.57 bits per heavy atom. The lowest BCUT2D eigenvalue weighted by atomic mass is 10.2. The third-order valence-electron chi connectivity index (χ3n) is 2.70. The highest BCUT2D eigenvalue weighted by Crippen LogP contribution is 2.23. The first-order chi connectivity index (χ1) is 9.76. The van der Waals surface area contributed by atoms with Crippen molar-refractivity contribution in [1.82, 2.24) is 9.62 Å². The van der Waals surface area contributed by atoms with E-state index in [0.717, 1.165) is 15.6 Å². The summed E-state index contributed by atoms with van der Waals surface area (Å²) >= 11 is 1.06. The SMILES string of the molecule is CN(C)S(=O)(=O)c1ccsc1C(=O)NCCCCC(=O)O. The maximum atomic E-state index is 12.1. The van der Waals surface area contributed by atoms with Crippen LogP contribution >= 0.6 is 11.3 Å². The van der Waals surface area contributed by atoms with Gasteiger partial charge in [-0.1, -0.05) is 0 Å². The predicted octanol–water partition coefficient (Wildman–Crippen LogP) is 0.983. The summed E-state index contributed by atoms with van der Waals surface area (Å²) in [6.07, 6.45) is 1.04. The van der Waals surface area contributed by atoms with Crippen LogP contribution in [-0.2, 0) is 14.8 Å². The lowest BCUT2D eigenvalue weighted by Gasteiger charge is -2.11. The van der Waals surface area contributed by atoms with Gasteiger partial charge in [-0.25, -0.2) is 12.7 Å². The molecule has 7 nitrogen and oxygen atoms in total. The van der Waals surface area contributed by atoms with E-state index in [4.69, 9.17) is 5.11 Å². The van der Waals surface area contributed by atoms with Crippen molar-refractivity contribution in [2.45, 2.75) is 24.2 Å². The van der Waals surface area contributed by atoms with Gasteiger partial charge in [0.1, 0.15) is 9.77 Å². The smallest absolute Gasteiger partial charge is 0.303 e. The van der Waals surface area contributed by atoms with E-state index < -0.39 is 21.9 Å². The molecule has 1 aromatic rings. The third kappa shape index (κ3) is 4.80. The van der Waals surface area contributed by atoms with Gasteiger partial charge in [0.2, 0.25) is 10.0 Å². The van der Waals surface area contributed by atoms with E-state index in [0.29, 0.717) is 19.4 Å². The molecule has 2 N–H and O–H groups in total. The van der Waals surface area contributed by atoms with Crippen LogP contribution in [0.3, 0.4) is 0 Å². The number of amides is 1. The number of nitrogens with zero attached hydrogens (tertiary/aromatic N) is 1. The Kier molecular flexibility index (Phi) is 6.31. The van der Waals surface area contributed by atoms with Gasteiger partial charge in [0, 0.05) is 27.1 Å². The van der Waals surface area contributed by atoms with Crippen LogP contribution < -0.4 is 5.32 Å². The fraction of sp³-hybridized carbons (Fsp3) is 0.500. The molecule has 1 heterocycles. The molecule has 0 unspecified atom stereocenters. The standard InChI is InChI=1S/C12H18N2O5S2/c1-14(2)21(18,19)9-6-8-20-11(9)12(17)13-7-4-3-5-10(15)16/h6,8H,3-5,7H2,1-2H3,(H,13,17)(H,15,16). The van der Waals surface area contributed by atoms with Crippen molar-refractivity contribution in [3.63, 3.8) is 0 Å². The average molecular weight is 334 g/mol. The number of carbonyl (C=O) groups is 2. The van der Waals surface area contributed by atoms with Gasteiger partial charge >= 0.3 is 5.97 Å². The van der Waals surface area contributed by atoms with Crippen LogP contribution in [-0.4, -0.2) is 50.3 Å². The molecule has 1 amide bonds. The second kappa shape index (κ2) is 7.53. The minimum Gasteiger partial charge on any atom is -0.481 e. The lowest BCUT2D eigenvalue weighted by Crippen LogP contribution is -2.28. The van der Waals surface area contributed by atoms with Crippen LogP contribution in [0.4, 0.5) is 0 Å². The number of carbonyl (C=O) groups excluding carboxylic acids is 1. The number of hydrogen-bond acceptors (Lipinski definition) is 5. The van der Waals surface area contributed by atoms with Gasteiger partial charge in [0.05, 0.1) is 0 Å². The van der Waals surface area contributed by atoms with Crippen LogP contribution in [0.1, 0.15) is 28.9 Å². The Morgan fingerprint density at radius 1 is 1.33 bits per heavy atom. The van der Waals surface area contributed by atoms with Crippen LogP contribution in [0, 0.1) is 0 Å². The zero-order chi connectivity index (χ0) is 16.0. The molecule has 0 aliphatic rings. The van der Waals surface area contributed by atoms with Gasteiger partial charge in [-0.15, -0.1) is 11.3 Å². The maximum absolute atomic E-state index is 12.1. The minimum atomic E-state index is -3.65. The van der Waals surface area contributed by atoms with Gasteiger partial charge in [0.15, 0.2) is 0 Å². The Bertz CT molecular complexity index is 607. The monoisotopic (exact) mass is 334 g/mol. The van der Waals surface area contributed by atoms with Gasteiger partial charge in [0.25, 0.3) is 5.91 Å². The Balaban J connectivity index is 2.65. The Labute approximate surface area is 127 Å². The number of nitrogens with one attached hydrogen (secondary N) is 1. The zero-order valence-electron chi connectivity index (χ0n) is 11.8. The van der Waals surface area contributed by atoms with E-state index in [-0.39, 0.29) is 16.2 Å². The molecule has 0 atom stereocenters. The molecule has 0 saturated heterocycles. The van der Waals surface area contributed by atoms with Crippen molar-refractivity contribution in [1.29, 1.82) is 0 Å². The van der Waals surface area contributed by atoms with Crippen molar-refractivity contribution in [3.8, 4) is 0 Å². The first-order valence-electron chi connectivity index (χ1n) is 6.27. The molecule has 0 aromatic carbocycles. The summed E-state index contributed by atoms with van der Waals surface area (Å²) in [5, 5.41) is 12.7. The molecular weight excluding hydrogens is 316 g/mol. The summed E-state index contributed by atoms with van der Waals surface area (Å²) in [5.74, 6) is -1.33. The maximum Gasteiger partial charge on any atom is 0.303 e. The molecule has 21 heavy (non-hydrogen) atoms. The van der Waals surface area contributed by atoms with E-state index >= 15 is 0 Å². The Morgan fingerprint density at radius 2 is 2.00 bits per heavy atom. The molecule has 0 spiro atoms. The average Bonchev–Trinajstić information content (AvgIpc) is 2.87. The highest BCUT2D eigenvalue weighted by molar-refractivity contribution is 7.89. The van der Waals surface area contributed by atoms with E-state index in [1.54, 1.807) is 5.38 Å². The number of carboxylic acid groups (broad SMARTS) is 1. The lowest BCUT2D eigenvalue weighted by molar-refractivity contribution is -0.137. The van der Waals surface area contributed by atoms with Crippen molar-refractivity contribution in [2.75, 3.05) is 20.6 Å². The summed E-state index contributed by atoms with van der Waals surface area (Å²) in [5.41, 5.74) is 0. The summed E-state index contributed by atoms with van der Waals surface area (Å²) in [6, 6.07) is 1.40. The molecule has 118 valence electrons. The van der Waals surface area contributed by atoms with Crippen molar-refractivity contribution in [3.05, 3.63) is 16.3 Å². The summed E-state index contributed by atoms with van der Waals surface area (Å²) in [7, 11) is -0.844. The molecular formula is C12H18N2O5S2. The molecule has 0 radical (unpaired) electrons. The van der Waals surface area contributed by atoms with Crippen molar-refractivity contribution >= 4 is 33.2 Å². The number of unbranched alkanes of at least 4 members (excludes halogenated alkanes) is 1. The number of hydrogen-bond donors (Lipinski definition) is 2. The van der Waals surface area contributed by atoms with Gasteiger partial charge < -0.3 is 10.4 Å². The van der Waals surface area contributed by atoms with Crippen molar-refractivity contribution in [2.24, 2.45) is 0 Å². The summed E-state index contributed by atoms with van der Waals surface area (Å²) in [4.78, 5) is 22.5. The summed E-state index contributed by atoms with van der Waals surface area (Å²) < 4.78 is 25.2. The first-order valence-corrected chi connectivity index (χ1v) is 8.58. The van der Waals surface area contributed by atoms with E-state index in [1.165, 1.54) is 20.2 Å². The Hall–Kier alpha value is -1.45. The second-order valence-electron chi connectivity index (χ2n) is 4.51. The largest absolute Gasteiger partial charge is 0.481 e. The molecule has 9 heteroatoms. The molecule has 0 fully saturated rings. The number of carboxylic acids is 1. The van der Waals surface area contributed by atoms with Gasteiger partial charge in [-0.05, 0) is 24.3 Å². The summed E-state index contributed by atoms with van der Waals surface area (Å²) in [6.45, 7) is 0.311. The van der Waals surface area contributed by atoms with Crippen LogP contribution in [0.5, 0.6) is 0 Å². The molecule has 1 rings (SSSR count). The molecule has 0 saturated carbocycles. The quantitative estimate of drug-likeness (QED) is 0.690. The van der Waals surface area contributed by atoms with Crippen LogP contribution in [0.25, 0.3) is 0 Å². The van der Waals surface area contributed by atoms with Gasteiger partial charge in [-0.3, -0.25) is 9.59 Å². The zero-order valence-corrected chi connectivity index (χ0v) is 13.5. The fourth-order valence-electron chi connectivity index (χ4n) is 1.55. The highest BCUT2D eigenvalue weighted by atomic mass is 32.2. The molecule has 0 aliphatic heterocycles. The molecule has 0 bridgehead atoms. The third-order valence-corrected chi connectivity index (χ3v) is 5.60. The van der Waals surface area contributed by atoms with E-state index in [1.807, 2.05) is 0 Å².